The topological polar surface area (TPSA) is 59.3 Å². The summed E-state index contributed by atoms with van der Waals surface area (Å²) >= 11 is 0. The second kappa shape index (κ2) is 9.47. The Kier molecular flexibility index (Phi) is 6.51. The smallest absolute Gasteiger partial charge is 0.168 e. The van der Waals surface area contributed by atoms with Crippen molar-refractivity contribution < 1.29 is 4.74 Å². The molecule has 1 atom stereocenters. The monoisotopic (exact) mass is 420 g/mol. The fraction of sp³-hybridized carbons (Fsp3) is 0.458. The summed E-state index contributed by atoms with van der Waals surface area (Å²) in [4.78, 5) is 5.03. The number of nitrogens with zero attached hydrogens (tertiary/aromatic N) is 6. The van der Waals surface area contributed by atoms with E-state index in [1.54, 1.807) is 7.11 Å². The lowest BCUT2D eigenvalue weighted by atomic mass is 10.1. The molecule has 0 amide bonds. The number of rotatable bonds is 7. The van der Waals surface area contributed by atoms with E-state index in [4.69, 9.17) is 4.74 Å². The molecule has 0 spiro atoms. The minimum atomic E-state index is 0.217. The van der Waals surface area contributed by atoms with Gasteiger partial charge < -0.3 is 9.64 Å². The maximum absolute atomic E-state index is 5.26. The van der Waals surface area contributed by atoms with E-state index in [0.29, 0.717) is 6.54 Å². The van der Waals surface area contributed by atoms with Crippen LogP contribution in [0.15, 0.2) is 42.5 Å². The highest BCUT2D eigenvalue weighted by molar-refractivity contribution is 5.56. The molecule has 7 nitrogen and oxygen atoms in total. The van der Waals surface area contributed by atoms with Gasteiger partial charge in [-0.05, 0) is 65.6 Å². The average molecular weight is 421 g/mol. The van der Waals surface area contributed by atoms with Gasteiger partial charge in [-0.2, -0.15) is 0 Å². The van der Waals surface area contributed by atoms with Crippen LogP contribution in [-0.4, -0.2) is 58.4 Å². The number of anilines is 1. The van der Waals surface area contributed by atoms with E-state index in [1.807, 2.05) is 16.8 Å². The summed E-state index contributed by atoms with van der Waals surface area (Å²) in [6, 6.07) is 14.9. The minimum absolute atomic E-state index is 0.217. The zero-order chi connectivity index (χ0) is 21.8. The first-order chi connectivity index (χ1) is 15.1. The summed E-state index contributed by atoms with van der Waals surface area (Å²) in [5, 5.41) is 12.7. The molecule has 164 valence electrons. The normalized spacial score (nSPS) is 15.8. The number of tetrazole rings is 1. The van der Waals surface area contributed by atoms with Crippen LogP contribution in [0.4, 0.5) is 5.69 Å². The molecule has 1 aromatic heterocycles. The molecule has 1 aliphatic heterocycles. The highest BCUT2D eigenvalue weighted by atomic mass is 16.5. The van der Waals surface area contributed by atoms with Gasteiger partial charge in [0.05, 0.1) is 19.7 Å². The standard InChI is InChI=1S/C24H32N6O/c1-5-22(24-25-26-27-30(24)17-20-9-11-21(31-4)12-10-20)28-13-15-29(16-14-28)23-8-6-7-18(2)19(23)3/h6-12,22H,5,13-17H2,1-4H3/t22-/m0/s1. The van der Waals surface area contributed by atoms with Crippen LogP contribution in [0.2, 0.25) is 0 Å². The Bertz CT molecular complexity index is 992. The Labute approximate surface area is 184 Å². The fourth-order valence-electron chi connectivity index (χ4n) is 4.42. The number of aromatic nitrogens is 4. The van der Waals surface area contributed by atoms with E-state index in [2.05, 4.69) is 76.4 Å². The zero-order valence-corrected chi connectivity index (χ0v) is 19.0. The van der Waals surface area contributed by atoms with Gasteiger partial charge in [0.25, 0.3) is 0 Å². The maximum Gasteiger partial charge on any atom is 0.168 e. The second-order valence-electron chi connectivity index (χ2n) is 8.21. The summed E-state index contributed by atoms with van der Waals surface area (Å²) in [5.74, 6) is 1.80. The highest BCUT2D eigenvalue weighted by Gasteiger charge is 2.28. The lowest BCUT2D eigenvalue weighted by Gasteiger charge is -2.40. The number of benzene rings is 2. The first-order valence-electron chi connectivity index (χ1n) is 11.0. The predicted molar refractivity (Wildman–Crippen MR) is 123 cm³/mol. The van der Waals surface area contributed by atoms with Gasteiger partial charge in [-0.15, -0.1) is 5.10 Å². The molecule has 1 saturated heterocycles. The number of aryl methyl sites for hydroxylation is 1. The van der Waals surface area contributed by atoms with E-state index in [1.165, 1.54) is 16.8 Å². The van der Waals surface area contributed by atoms with Crippen LogP contribution in [0, 0.1) is 13.8 Å². The molecule has 4 rings (SSSR count). The molecule has 1 aliphatic rings. The molecular weight excluding hydrogens is 388 g/mol. The van der Waals surface area contributed by atoms with Gasteiger partial charge in [0, 0.05) is 31.9 Å². The van der Waals surface area contributed by atoms with E-state index in [0.717, 1.165) is 49.7 Å². The third kappa shape index (κ3) is 4.56. The summed E-state index contributed by atoms with van der Waals surface area (Å²) in [5.41, 5.74) is 5.25. The van der Waals surface area contributed by atoms with E-state index in [-0.39, 0.29) is 6.04 Å². The van der Waals surface area contributed by atoms with Crippen LogP contribution in [0.3, 0.4) is 0 Å². The van der Waals surface area contributed by atoms with Crippen LogP contribution in [0.1, 0.15) is 41.9 Å². The highest BCUT2D eigenvalue weighted by Crippen LogP contribution is 2.28. The lowest BCUT2D eigenvalue weighted by Crippen LogP contribution is -2.48. The Morgan fingerprint density at radius 3 is 2.42 bits per heavy atom. The Hall–Kier alpha value is -2.93. The van der Waals surface area contributed by atoms with Gasteiger partial charge in [0.15, 0.2) is 5.82 Å². The Morgan fingerprint density at radius 2 is 1.74 bits per heavy atom. The van der Waals surface area contributed by atoms with Gasteiger partial charge in [-0.1, -0.05) is 31.2 Å². The predicted octanol–water partition coefficient (Wildman–Crippen LogP) is 3.62. The van der Waals surface area contributed by atoms with E-state index >= 15 is 0 Å². The van der Waals surface area contributed by atoms with E-state index in [9.17, 15) is 0 Å². The quantitative estimate of drug-likeness (QED) is 0.582. The van der Waals surface area contributed by atoms with E-state index < -0.39 is 0 Å². The van der Waals surface area contributed by atoms with Crippen LogP contribution in [-0.2, 0) is 6.54 Å². The number of methoxy groups -OCH3 is 1. The maximum atomic E-state index is 5.26. The van der Waals surface area contributed by atoms with Crippen molar-refractivity contribution in [3.05, 3.63) is 65.0 Å². The number of piperazine rings is 1. The summed E-state index contributed by atoms with van der Waals surface area (Å²) in [7, 11) is 1.68. The Balaban J connectivity index is 1.45. The van der Waals surface area contributed by atoms with Gasteiger partial charge in [0.1, 0.15) is 5.75 Å². The van der Waals surface area contributed by atoms with Crippen molar-refractivity contribution in [2.75, 3.05) is 38.2 Å². The Morgan fingerprint density at radius 1 is 1.00 bits per heavy atom. The van der Waals surface area contributed by atoms with Gasteiger partial charge >= 0.3 is 0 Å². The summed E-state index contributed by atoms with van der Waals surface area (Å²) in [6.45, 7) is 11.3. The largest absolute Gasteiger partial charge is 0.497 e. The van der Waals surface area contributed by atoms with Gasteiger partial charge in [0.2, 0.25) is 0 Å². The molecule has 0 radical (unpaired) electrons. The molecule has 7 heteroatoms. The fourth-order valence-corrected chi connectivity index (χ4v) is 4.42. The second-order valence-corrected chi connectivity index (χ2v) is 8.21. The third-order valence-corrected chi connectivity index (χ3v) is 6.41. The van der Waals surface area contributed by atoms with Crippen molar-refractivity contribution in [3.63, 3.8) is 0 Å². The molecule has 2 aromatic carbocycles. The van der Waals surface area contributed by atoms with Gasteiger partial charge in [-0.25, -0.2) is 4.68 Å². The van der Waals surface area contributed by atoms with Crippen LogP contribution in [0.25, 0.3) is 0 Å². The van der Waals surface area contributed by atoms with Crippen molar-refractivity contribution in [1.82, 2.24) is 25.1 Å². The zero-order valence-electron chi connectivity index (χ0n) is 19.0. The first kappa shape index (κ1) is 21.3. The molecule has 31 heavy (non-hydrogen) atoms. The van der Waals surface area contributed by atoms with Crippen molar-refractivity contribution in [3.8, 4) is 5.75 Å². The van der Waals surface area contributed by atoms with Crippen LogP contribution < -0.4 is 9.64 Å². The molecule has 0 aliphatic carbocycles. The molecule has 2 heterocycles. The summed E-state index contributed by atoms with van der Waals surface area (Å²) < 4.78 is 7.20. The van der Waals surface area contributed by atoms with Crippen molar-refractivity contribution in [2.45, 2.75) is 39.8 Å². The molecule has 0 saturated carbocycles. The van der Waals surface area contributed by atoms with Crippen LogP contribution in [0.5, 0.6) is 5.75 Å². The number of hydrogen-bond donors (Lipinski definition) is 0. The lowest BCUT2D eigenvalue weighted by molar-refractivity contribution is 0.169. The molecular formula is C24H32N6O. The SMILES string of the molecule is CC[C@@H](c1nnnn1Cc1ccc(OC)cc1)N1CCN(c2cccc(C)c2C)CC1. The molecule has 0 N–H and O–H groups in total. The minimum Gasteiger partial charge on any atom is -0.497 e. The molecule has 0 unspecified atom stereocenters. The average Bonchev–Trinajstić information content (AvgIpc) is 3.25. The van der Waals surface area contributed by atoms with Crippen molar-refractivity contribution in [1.29, 1.82) is 0 Å². The molecule has 0 bridgehead atoms. The third-order valence-electron chi connectivity index (χ3n) is 6.41. The first-order valence-corrected chi connectivity index (χ1v) is 11.0. The van der Waals surface area contributed by atoms with Crippen LogP contribution >= 0.6 is 0 Å². The van der Waals surface area contributed by atoms with Crippen molar-refractivity contribution >= 4 is 5.69 Å². The van der Waals surface area contributed by atoms with Gasteiger partial charge in [-0.3, -0.25) is 4.90 Å². The number of hydrogen-bond acceptors (Lipinski definition) is 6. The molecule has 3 aromatic rings. The summed E-state index contributed by atoms with van der Waals surface area (Å²) in [6.07, 6.45) is 0.979. The van der Waals surface area contributed by atoms with Crippen molar-refractivity contribution in [2.24, 2.45) is 0 Å². The number of ether oxygens (including phenoxy) is 1. The molecule has 1 fully saturated rings.